The summed E-state index contributed by atoms with van der Waals surface area (Å²) in [5, 5.41) is 6.06. The highest BCUT2D eigenvalue weighted by Gasteiger charge is 2.13. The first-order valence-corrected chi connectivity index (χ1v) is 6.86. The molecule has 0 aliphatic heterocycles. The zero-order chi connectivity index (χ0) is 15.4. The molecule has 0 saturated carbocycles. The van der Waals surface area contributed by atoms with Crippen LogP contribution >= 0.6 is 23.2 Å². The summed E-state index contributed by atoms with van der Waals surface area (Å²) in [6.45, 7) is 1.40. The predicted octanol–water partition coefficient (Wildman–Crippen LogP) is 4.20. The van der Waals surface area contributed by atoms with Crippen molar-refractivity contribution < 1.29 is 9.59 Å². The third-order valence-corrected chi connectivity index (χ3v) is 3.22. The van der Waals surface area contributed by atoms with E-state index >= 15 is 0 Å². The molecule has 0 atom stereocenters. The fraction of sp³-hybridized carbons (Fsp3) is 0.0667. The van der Waals surface area contributed by atoms with Crippen molar-refractivity contribution in [2.45, 2.75) is 6.92 Å². The molecule has 2 aromatic rings. The van der Waals surface area contributed by atoms with E-state index in [1.165, 1.54) is 13.0 Å². The van der Waals surface area contributed by atoms with Crippen LogP contribution < -0.4 is 10.6 Å². The molecular weight excluding hydrogens is 311 g/mol. The Labute approximate surface area is 132 Å². The van der Waals surface area contributed by atoms with Crippen molar-refractivity contribution in [2.75, 3.05) is 10.6 Å². The van der Waals surface area contributed by atoms with Crippen LogP contribution in [-0.2, 0) is 4.79 Å². The Morgan fingerprint density at radius 3 is 2.19 bits per heavy atom. The van der Waals surface area contributed by atoms with Gasteiger partial charge in [0.05, 0.1) is 22.0 Å². The number of carbonyl (C=O) groups excluding carboxylic acids is 2. The van der Waals surface area contributed by atoms with Gasteiger partial charge in [-0.15, -0.1) is 0 Å². The van der Waals surface area contributed by atoms with Gasteiger partial charge in [-0.2, -0.15) is 0 Å². The smallest absolute Gasteiger partial charge is 0.257 e. The molecule has 0 fully saturated rings. The molecule has 0 bridgehead atoms. The summed E-state index contributed by atoms with van der Waals surface area (Å²) in [6.07, 6.45) is 0. The molecule has 0 heterocycles. The zero-order valence-corrected chi connectivity index (χ0v) is 12.6. The molecule has 0 spiro atoms. The van der Waals surface area contributed by atoms with E-state index < -0.39 is 5.91 Å². The number of carbonyl (C=O) groups is 2. The number of amides is 2. The summed E-state index contributed by atoms with van der Waals surface area (Å²) in [5.41, 5.74) is 1.26. The maximum Gasteiger partial charge on any atom is 0.257 e. The molecule has 0 aliphatic rings. The molecular formula is C15H12Cl2N2O2. The molecule has 0 unspecified atom stereocenters. The first-order chi connectivity index (χ1) is 9.97. The third-order valence-electron chi connectivity index (χ3n) is 2.66. The van der Waals surface area contributed by atoms with Gasteiger partial charge in [0.25, 0.3) is 5.91 Å². The molecule has 108 valence electrons. The minimum absolute atomic E-state index is 0.225. The summed E-state index contributed by atoms with van der Waals surface area (Å²) in [4.78, 5) is 23.4. The number of para-hydroxylation sites is 2. The van der Waals surface area contributed by atoms with Crippen molar-refractivity contribution in [1.29, 1.82) is 0 Å². The van der Waals surface area contributed by atoms with Crippen molar-refractivity contribution in [3.8, 4) is 0 Å². The lowest BCUT2D eigenvalue weighted by atomic mass is 10.2. The molecule has 0 aromatic heterocycles. The summed E-state index contributed by atoms with van der Waals surface area (Å²) in [7, 11) is 0. The van der Waals surface area contributed by atoms with Crippen LogP contribution in [-0.4, -0.2) is 11.8 Å². The molecule has 2 amide bonds. The molecule has 0 saturated heterocycles. The number of nitrogens with one attached hydrogen (secondary N) is 2. The Kier molecular flexibility index (Phi) is 4.83. The lowest BCUT2D eigenvalue weighted by molar-refractivity contribution is -0.114. The van der Waals surface area contributed by atoms with E-state index in [4.69, 9.17) is 23.2 Å². The second kappa shape index (κ2) is 6.61. The first kappa shape index (κ1) is 15.4. The number of hydrogen-bond donors (Lipinski definition) is 2. The standard InChI is InChI=1S/C15H12Cl2N2O2/c1-9(20)18-13-4-2-3-5-14(13)19-15(21)11-8-10(16)6-7-12(11)17/h2-8H,1H3,(H,18,20)(H,19,21). The number of halogens is 2. The lowest BCUT2D eigenvalue weighted by Gasteiger charge is -2.12. The van der Waals surface area contributed by atoms with Crippen molar-refractivity contribution >= 4 is 46.4 Å². The highest BCUT2D eigenvalue weighted by molar-refractivity contribution is 6.36. The largest absolute Gasteiger partial charge is 0.325 e. The van der Waals surface area contributed by atoms with Crippen LogP contribution in [0.2, 0.25) is 10.0 Å². The first-order valence-electron chi connectivity index (χ1n) is 6.10. The second-order valence-electron chi connectivity index (χ2n) is 4.31. The highest BCUT2D eigenvalue weighted by atomic mass is 35.5. The van der Waals surface area contributed by atoms with Gasteiger partial charge >= 0.3 is 0 Å². The quantitative estimate of drug-likeness (QED) is 0.889. The van der Waals surface area contributed by atoms with Crippen molar-refractivity contribution in [2.24, 2.45) is 0 Å². The Hall–Kier alpha value is -2.04. The molecule has 21 heavy (non-hydrogen) atoms. The van der Waals surface area contributed by atoms with Crippen LogP contribution in [0.25, 0.3) is 0 Å². The Bertz CT molecular complexity index is 702. The van der Waals surface area contributed by atoms with Crippen LogP contribution in [0.5, 0.6) is 0 Å². The van der Waals surface area contributed by atoms with Gasteiger partial charge in [-0.1, -0.05) is 35.3 Å². The van der Waals surface area contributed by atoms with Gasteiger partial charge in [0.2, 0.25) is 5.91 Å². The predicted molar refractivity (Wildman–Crippen MR) is 85.2 cm³/mol. The van der Waals surface area contributed by atoms with E-state index in [1.807, 2.05) is 0 Å². The topological polar surface area (TPSA) is 58.2 Å². The zero-order valence-electron chi connectivity index (χ0n) is 11.1. The van der Waals surface area contributed by atoms with Gasteiger partial charge in [-0.25, -0.2) is 0 Å². The average Bonchev–Trinajstić information content (AvgIpc) is 2.43. The minimum Gasteiger partial charge on any atom is -0.325 e. The molecule has 0 aliphatic carbocycles. The van der Waals surface area contributed by atoms with Crippen LogP contribution in [0.3, 0.4) is 0 Å². The van der Waals surface area contributed by atoms with Crippen LogP contribution in [0.4, 0.5) is 11.4 Å². The lowest BCUT2D eigenvalue weighted by Crippen LogP contribution is -2.15. The SMILES string of the molecule is CC(=O)Nc1ccccc1NC(=O)c1cc(Cl)ccc1Cl. The van der Waals surface area contributed by atoms with Crippen molar-refractivity contribution in [3.63, 3.8) is 0 Å². The number of anilines is 2. The Balaban J connectivity index is 2.27. The fourth-order valence-corrected chi connectivity index (χ4v) is 2.13. The molecule has 2 aromatic carbocycles. The molecule has 0 radical (unpaired) electrons. The monoisotopic (exact) mass is 322 g/mol. The van der Waals surface area contributed by atoms with E-state index in [1.54, 1.807) is 36.4 Å². The molecule has 2 N–H and O–H groups in total. The van der Waals surface area contributed by atoms with E-state index in [0.29, 0.717) is 21.4 Å². The number of benzene rings is 2. The molecule has 4 nitrogen and oxygen atoms in total. The number of hydrogen-bond acceptors (Lipinski definition) is 2. The van der Waals surface area contributed by atoms with Crippen molar-refractivity contribution in [3.05, 3.63) is 58.1 Å². The average molecular weight is 323 g/mol. The second-order valence-corrected chi connectivity index (χ2v) is 5.15. The van der Waals surface area contributed by atoms with E-state index in [9.17, 15) is 9.59 Å². The third kappa shape index (κ3) is 3.97. The van der Waals surface area contributed by atoms with Crippen LogP contribution in [0.15, 0.2) is 42.5 Å². The van der Waals surface area contributed by atoms with E-state index in [-0.39, 0.29) is 11.5 Å². The van der Waals surface area contributed by atoms with Gasteiger partial charge in [0.1, 0.15) is 0 Å². The molecule has 6 heteroatoms. The van der Waals surface area contributed by atoms with Gasteiger partial charge in [0, 0.05) is 11.9 Å². The molecule has 2 rings (SSSR count). The summed E-state index contributed by atoms with van der Waals surface area (Å²) in [6, 6.07) is 11.5. The Morgan fingerprint density at radius 2 is 1.57 bits per heavy atom. The Morgan fingerprint density at radius 1 is 0.952 bits per heavy atom. The van der Waals surface area contributed by atoms with E-state index in [2.05, 4.69) is 10.6 Å². The maximum atomic E-state index is 12.3. The summed E-state index contributed by atoms with van der Waals surface area (Å²) in [5.74, 6) is -0.627. The van der Waals surface area contributed by atoms with Crippen molar-refractivity contribution in [1.82, 2.24) is 0 Å². The van der Waals surface area contributed by atoms with Gasteiger partial charge in [-0.05, 0) is 30.3 Å². The summed E-state index contributed by atoms with van der Waals surface area (Å²) < 4.78 is 0. The van der Waals surface area contributed by atoms with Gasteiger partial charge < -0.3 is 10.6 Å². The van der Waals surface area contributed by atoms with Crippen LogP contribution in [0.1, 0.15) is 17.3 Å². The highest BCUT2D eigenvalue weighted by Crippen LogP contribution is 2.25. The minimum atomic E-state index is -0.402. The summed E-state index contributed by atoms with van der Waals surface area (Å²) >= 11 is 11.9. The van der Waals surface area contributed by atoms with Gasteiger partial charge in [-0.3, -0.25) is 9.59 Å². The normalized spacial score (nSPS) is 10.0. The van der Waals surface area contributed by atoms with Gasteiger partial charge in [0.15, 0.2) is 0 Å². The number of rotatable bonds is 3. The fourth-order valence-electron chi connectivity index (χ4n) is 1.75. The maximum absolute atomic E-state index is 12.3. The van der Waals surface area contributed by atoms with Crippen LogP contribution in [0, 0.1) is 0 Å². The van der Waals surface area contributed by atoms with E-state index in [0.717, 1.165) is 0 Å².